The highest BCUT2D eigenvalue weighted by Crippen LogP contribution is 2.36. The number of hydrogen-bond acceptors (Lipinski definition) is 6. The smallest absolute Gasteiger partial charge is 0.329 e. The lowest BCUT2D eigenvalue weighted by atomic mass is 9.90. The molecule has 1 heterocycles. The Labute approximate surface area is 246 Å². The molecule has 4 aromatic carbocycles. The van der Waals surface area contributed by atoms with Gasteiger partial charge >= 0.3 is 5.97 Å². The maximum atomic E-state index is 14.4. The normalized spacial score (nSPS) is 14.8. The van der Waals surface area contributed by atoms with Crippen molar-refractivity contribution < 1.29 is 28.5 Å². The number of nitrogens with zero attached hydrogens (tertiary/aromatic N) is 1. The second kappa shape index (κ2) is 13.3. The third-order valence-corrected chi connectivity index (χ3v) is 7.38. The van der Waals surface area contributed by atoms with Gasteiger partial charge in [-0.1, -0.05) is 72.8 Å². The van der Waals surface area contributed by atoms with E-state index in [2.05, 4.69) is 0 Å². The Morgan fingerprint density at radius 1 is 0.881 bits per heavy atom. The van der Waals surface area contributed by atoms with Crippen LogP contribution >= 0.6 is 0 Å². The fourth-order valence-corrected chi connectivity index (χ4v) is 5.20. The van der Waals surface area contributed by atoms with Gasteiger partial charge < -0.3 is 23.8 Å². The van der Waals surface area contributed by atoms with Crippen molar-refractivity contribution in [2.75, 3.05) is 13.7 Å². The van der Waals surface area contributed by atoms with Crippen LogP contribution in [-0.2, 0) is 33.9 Å². The molecule has 0 spiro atoms. The molecule has 0 saturated heterocycles. The van der Waals surface area contributed by atoms with Crippen molar-refractivity contribution in [3.63, 3.8) is 0 Å². The van der Waals surface area contributed by atoms with Gasteiger partial charge in [-0.2, -0.15) is 0 Å². The molecule has 0 bridgehead atoms. The molecule has 0 aliphatic carbocycles. The number of esters is 1. The highest BCUT2D eigenvalue weighted by Gasteiger charge is 2.41. The van der Waals surface area contributed by atoms with Crippen LogP contribution in [0.2, 0.25) is 0 Å². The molecule has 1 aliphatic rings. The van der Waals surface area contributed by atoms with Gasteiger partial charge in [-0.25, -0.2) is 4.79 Å². The first-order valence-electron chi connectivity index (χ1n) is 14.1. The number of hydrogen-bond donors (Lipinski definition) is 0. The summed E-state index contributed by atoms with van der Waals surface area (Å²) in [6, 6.07) is 29.5. The second-order valence-corrected chi connectivity index (χ2v) is 10.1. The van der Waals surface area contributed by atoms with Gasteiger partial charge in [-0.3, -0.25) is 4.79 Å². The van der Waals surface area contributed by atoms with E-state index in [9.17, 15) is 9.59 Å². The largest absolute Gasteiger partial charge is 0.497 e. The van der Waals surface area contributed by atoms with Crippen LogP contribution in [0.3, 0.4) is 0 Å². The molecule has 0 N–H and O–H groups in total. The number of amides is 1. The van der Waals surface area contributed by atoms with E-state index in [1.54, 1.807) is 43.2 Å². The maximum absolute atomic E-state index is 14.4. The molecule has 0 saturated carbocycles. The van der Waals surface area contributed by atoms with Crippen LogP contribution in [0.5, 0.6) is 17.2 Å². The Bertz CT molecular complexity index is 1500. The minimum Gasteiger partial charge on any atom is -0.497 e. The van der Waals surface area contributed by atoms with Crippen LogP contribution in [0.1, 0.15) is 40.8 Å². The zero-order valence-electron chi connectivity index (χ0n) is 24.1. The number of ether oxygens (including phenoxy) is 4. The Hall–Kier alpha value is -4.78. The van der Waals surface area contributed by atoms with E-state index in [1.807, 2.05) is 79.7 Å². The molecular weight excluding hydrogens is 530 g/mol. The molecule has 7 nitrogen and oxygen atoms in total. The SMILES string of the molecule is CCOC(=O)[C@@H]1Cc2c(ccc(C)c2OCc2ccccc2)CN1C(=O)[C@@H](Oc1ccc(OC)cc1)c1ccccc1. The number of carbonyl (C=O) groups is 2. The lowest BCUT2D eigenvalue weighted by molar-refractivity contribution is -0.158. The van der Waals surface area contributed by atoms with Crippen molar-refractivity contribution >= 4 is 11.9 Å². The average molecular weight is 566 g/mol. The zero-order valence-corrected chi connectivity index (χ0v) is 24.1. The lowest BCUT2D eigenvalue weighted by Gasteiger charge is -2.38. The first-order chi connectivity index (χ1) is 20.5. The highest BCUT2D eigenvalue weighted by atomic mass is 16.5. The van der Waals surface area contributed by atoms with Gasteiger partial charge in [0.25, 0.3) is 5.91 Å². The van der Waals surface area contributed by atoms with Crippen molar-refractivity contribution in [2.24, 2.45) is 0 Å². The van der Waals surface area contributed by atoms with E-state index in [0.717, 1.165) is 28.0 Å². The van der Waals surface area contributed by atoms with E-state index in [-0.39, 0.29) is 25.5 Å². The average Bonchev–Trinajstić information content (AvgIpc) is 3.03. The number of fused-ring (bicyclic) bond motifs is 1. The molecule has 216 valence electrons. The Morgan fingerprint density at radius 2 is 1.55 bits per heavy atom. The summed E-state index contributed by atoms with van der Waals surface area (Å²) >= 11 is 0. The predicted molar refractivity (Wildman–Crippen MR) is 159 cm³/mol. The van der Waals surface area contributed by atoms with Crippen LogP contribution in [0, 0.1) is 6.92 Å². The van der Waals surface area contributed by atoms with E-state index in [4.69, 9.17) is 18.9 Å². The van der Waals surface area contributed by atoms with Crippen molar-refractivity contribution in [3.05, 3.63) is 125 Å². The minimum atomic E-state index is -0.975. The number of benzene rings is 4. The molecule has 4 aromatic rings. The lowest BCUT2D eigenvalue weighted by Crippen LogP contribution is -2.51. The van der Waals surface area contributed by atoms with Gasteiger partial charge in [-0.15, -0.1) is 0 Å². The summed E-state index contributed by atoms with van der Waals surface area (Å²) in [6.07, 6.45) is -0.701. The molecule has 1 amide bonds. The Kier molecular flexibility index (Phi) is 9.07. The van der Waals surface area contributed by atoms with Crippen LogP contribution in [0.15, 0.2) is 97.1 Å². The van der Waals surface area contributed by atoms with Crippen molar-refractivity contribution in [1.29, 1.82) is 0 Å². The number of methoxy groups -OCH3 is 1. The predicted octanol–water partition coefficient (Wildman–Crippen LogP) is 6.22. The topological polar surface area (TPSA) is 74.3 Å². The van der Waals surface area contributed by atoms with Gasteiger partial charge in [0.05, 0.1) is 13.7 Å². The van der Waals surface area contributed by atoms with Crippen LogP contribution < -0.4 is 14.2 Å². The third kappa shape index (κ3) is 6.41. The van der Waals surface area contributed by atoms with Gasteiger partial charge in [-0.05, 0) is 54.8 Å². The molecule has 1 aliphatic heterocycles. The van der Waals surface area contributed by atoms with Crippen molar-refractivity contribution in [3.8, 4) is 17.2 Å². The fourth-order valence-electron chi connectivity index (χ4n) is 5.20. The van der Waals surface area contributed by atoms with E-state index >= 15 is 0 Å². The third-order valence-electron chi connectivity index (χ3n) is 7.38. The van der Waals surface area contributed by atoms with E-state index < -0.39 is 18.1 Å². The monoisotopic (exact) mass is 565 g/mol. The minimum absolute atomic E-state index is 0.208. The summed E-state index contributed by atoms with van der Waals surface area (Å²) in [5, 5.41) is 0. The Balaban J connectivity index is 1.49. The van der Waals surface area contributed by atoms with E-state index in [0.29, 0.717) is 23.7 Å². The summed E-state index contributed by atoms with van der Waals surface area (Å²) in [7, 11) is 1.59. The van der Waals surface area contributed by atoms with Crippen molar-refractivity contribution in [2.45, 2.75) is 45.6 Å². The first kappa shape index (κ1) is 28.7. The van der Waals surface area contributed by atoms with Crippen molar-refractivity contribution in [1.82, 2.24) is 4.90 Å². The second-order valence-electron chi connectivity index (χ2n) is 10.1. The molecule has 0 radical (unpaired) electrons. The van der Waals surface area contributed by atoms with Gasteiger partial charge in [0.15, 0.2) is 0 Å². The molecular formula is C35H35NO6. The standard InChI is InChI=1S/C35H35NO6/c1-4-40-35(38)31-21-30-27(16-15-24(2)32(30)41-23-25-11-7-5-8-12-25)22-36(31)34(37)33(26-13-9-6-10-14-26)42-29-19-17-28(39-3)18-20-29/h5-20,31,33H,4,21-23H2,1-3H3/t31-,33-/m0/s1. The van der Waals surface area contributed by atoms with Gasteiger partial charge in [0.2, 0.25) is 6.10 Å². The maximum Gasteiger partial charge on any atom is 0.329 e. The van der Waals surface area contributed by atoms with Crippen LogP contribution in [0.4, 0.5) is 0 Å². The number of aryl methyl sites for hydroxylation is 1. The summed E-state index contributed by atoms with van der Waals surface area (Å²) in [5.74, 6) is 1.15. The van der Waals surface area contributed by atoms with Crippen LogP contribution in [0.25, 0.3) is 0 Å². The fraction of sp³-hybridized carbons (Fsp3) is 0.257. The summed E-state index contributed by atoms with van der Waals surface area (Å²) in [5.41, 5.74) is 4.54. The quantitative estimate of drug-likeness (QED) is 0.213. The Morgan fingerprint density at radius 3 is 2.21 bits per heavy atom. The summed E-state index contributed by atoms with van der Waals surface area (Å²) < 4.78 is 23.4. The first-order valence-corrected chi connectivity index (χ1v) is 14.1. The number of carbonyl (C=O) groups excluding carboxylic acids is 2. The number of rotatable bonds is 10. The van der Waals surface area contributed by atoms with Crippen LogP contribution in [-0.4, -0.2) is 36.5 Å². The van der Waals surface area contributed by atoms with Gasteiger partial charge in [0, 0.05) is 24.1 Å². The molecule has 2 atom stereocenters. The molecule has 0 fully saturated rings. The summed E-state index contributed by atoms with van der Waals surface area (Å²) in [6.45, 7) is 4.58. The zero-order chi connectivity index (χ0) is 29.5. The molecule has 0 unspecified atom stereocenters. The molecule has 5 rings (SSSR count). The van der Waals surface area contributed by atoms with E-state index in [1.165, 1.54) is 0 Å². The summed E-state index contributed by atoms with van der Waals surface area (Å²) in [4.78, 5) is 29.3. The molecule has 42 heavy (non-hydrogen) atoms. The molecule has 0 aromatic heterocycles. The molecule has 7 heteroatoms. The van der Waals surface area contributed by atoms with Gasteiger partial charge in [0.1, 0.15) is 29.9 Å². The highest BCUT2D eigenvalue weighted by molar-refractivity contribution is 5.89.